The number of nitrogens with zero attached hydrogens (tertiary/aromatic N) is 1. The van der Waals surface area contributed by atoms with E-state index in [-0.39, 0.29) is 5.41 Å². The van der Waals surface area contributed by atoms with Gasteiger partial charge in [0.1, 0.15) is 0 Å². The molecule has 0 aromatic heterocycles. The van der Waals surface area contributed by atoms with Crippen molar-refractivity contribution < 1.29 is 5.21 Å². The maximum absolute atomic E-state index is 9.20. The van der Waals surface area contributed by atoms with E-state index in [4.69, 9.17) is 0 Å². The molecule has 0 spiro atoms. The van der Waals surface area contributed by atoms with Crippen LogP contribution in [0.3, 0.4) is 0 Å². The van der Waals surface area contributed by atoms with Crippen LogP contribution in [0.15, 0.2) is 0 Å². The molecular formula is C8H17NO. The molecule has 60 valence electrons. The quantitative estimate of drug-likeness (QED) is 0.558. The highest BCUT2D eigenvalue weighted by Gasteiger charge is 2.31. The third kappa shape index (κ3) is 1.50. The second-order valence-electron chi connectivity index (χ2n) is 4.07. The molecule has 1 aliphatic heterocycles. The molecule has 0 radical (unpaired) electrons. The molecule has 0 amide bonds. The number of hydrogen-bond acceptors (Lipinski definition) is 2. The first kappa shape index (κ1) is 8.02. The molecule has 0 aromatic rings. The van der Waals surface area contributed by atoms with Crippen LogP contribution in [0.25, 0.3) is 0 Å². The molecule has 1 saturated heterocycles. The first-order valence-electron chi connectivity index (χ1n) is 3.96. The molecule has 1 rings (SSSR count). The Morgan fingerprint density at radius 2 is 2.10 bits per heavy atom. The smallest absolute Gasteiger partial charge is 0.0292 e. The van der Waals surface area contributed by atoms with Crippen molar-refractivity contribution in [1.82, 2.24) is 5.06 Å². The molecule has 1 N–H and O–H groups in total. The van der Waals surface area contributed by atoms with Crippen LogP contribution in [-0.2, 0) is 0 Å². The third-order valence-electron chi connectivity index (χ3n) is 2.74. The highest BCUT2D eigenvalue weighted by molar-refractivity contribution is 4.81. The van der Waals surface area contributed by atoms with Gasteiger partial charge < -0.3 is 5.21 Å². The Hall–Kier alpha value is -0.0800. The van der Waals surface area contributed by atoms with Gasteiger partial charge in [-0.2, -0.15) is 5.06 Å². The normalized spacial score (nSPS) is 34.2. The minimum absolute atomic E-state index is 0.285. The molecule has 1 aliphatic rings. The maximum Gasteiger partial charge on any atom is 0.0292 e. The lowest BCUT2D eigenvalue weighted by atomic mass is 9.76. The van der Waals surface area contributed by atoms with Crippen LogP contribution >= 0.6 is 0 Å². The molecule has 0 saturated carbocycles. The Morgan fingerprint density at radius 1 is 1.50 bits per heavy atom. The van der Waals surface area contributed by atoms with Gasteiger partial charge in [-0.1, -0.05) is 20.8 Å². The van der Waals surface area contributed by atoms with Crippen molar-refractivity contribution in [3.05, 3.63) is 0 Å². The summed E-state index contributed by atoms with van der Waals surface area (Å²) in [5.41, 5.74) is 0.285. The van der Waals surface area contributed by atoms with E-state index in [1.807, 2.05) is 0 Å². The van der Waals surface area contributed by atoms with Gasteiger partial charge >= 0.3 is 0 Å². The van der Waals surface area contributed by atoms with E-state index in [9.17, 15) is 5.21 Å². The van der Waals surface area contributed by atoms with Crippen LogP contribution in [0.1, 0.15) is 27.2 Å². The van der Waals surface area contributed by atoms with Crippen molar-refractivity contribution in [2.75, 3.05) is 13.1 Å². The Bertz CT molecular complexity index is 122. The average molecular weight is 143 g/mol. The minimum atomic E-state index is 0.285. The van der Waals surface area contributed by atoms with Gasteiger partial charge in [-0.15, -0.1) is 0 Å². The zero-order valence-corrected chi connectivity index (χ0v) is 7.09. The number of hydroxylamine groups is 2. The van der Waals surface area contributed by atoms with Gasteiger partial charge in [-0.3, -0.25) is 0 Å². The largest absolute Gasteiger partial charge is 0.314 e. The van der Waals surface area contributed by atoms with E-state index in [0.29, 0.717) is 0 Å². The van der Waals surface area contributed by atoms with Crippen LogP contribution in [0, 0.1) is 11.3 Å². The van der Waals surface area contributed by atoms with Gasteiger partial charge in [0, 0.05) is 13.1 Å². The monoisotopic (exact) mass is 143 g/mol. The van der Waals surface area contributed by atoms with Crippen molar-refractivity contribution >= 4 is 0 Å². The summed E-state index contributed by atoms with van der Waals surface area (Å²) in [6.07, 6.45) is 1.11. The number of hydrogen-bond donors (Lipinski definition) is 1. The van der Waals surface area contributed by atoms with Crippen LogP contribution in [0.5, 0.6) is 0 Å². The number of piperidine rings is 1. The Kier molecular flexibility index (Phi) is 2.02. The second kappa shape index (κ2) is 2.51. The predicted molar refractivity (Wildman–Crippen MR) is 40.9 cm³/mol. The van der Waals surface area contributed by atoms with Crippen molar-refractivity contribution in [3.63, 3.8) is 0 Å². The lowest BCUT2D eigenvalue weighted by molar-refractivity contribution is -0.146. The van der Waals surface area contributed by atoms with Crippen LogP contribution < -0.4 is 0 Å². The predicted octanol–water partition coefficient (Wildman–Crippen LogP) is 1.74. The van der Waals surface area contributed by atoms with Gasteiger partial charge in [-0.25, -0.2) is 0 Å². The van der Waals surface area contributed by atoms with Crippen molar-refractivity contribution in [2.24, 2.45) is 11.3 Å². The Morgan fingerprint density at radius 3 is 2.50 bits per heavy atom. The molecule has 2 heteroatoms. The number of rotatable bonds is 0. The first-order chi connectivity index (χ1) is 4.52. The Balaban J connectivity index is 2.55. The lowest BCUT2D eigenvalue weighted by Crippen LogP contribution is -2.42. The van der Waals surface area contributed by atoms with Crippen molar-refractivity contribution in [2.45, 2.75) is 27.2 Å². The van der Waals surface area contributed by atoms with Gasteiger partial charge in [0.25, 0.3) is 0 Å². The van der Waals surface area contributed by atoms with Crippen LogP contribution in [-0.4, -0.2) is 23.4 Å². The van der Waals surface area contributed by atoms with E-state index >= 15 is 0 Å². The molecule has 10 heavy (non-hydrogen) atoms. The van der Waals surface area contributed by atoms with Crippen LogP contribution in [0.2, 0.25) is 0 Å². The van der Waals surface area contributed by atoms with Gasteiger partial charge in [-0.05, 0) is 17.8 Å². The molecule has 1 atom stereocenters. The molecule has 1 fully saturated rings. The van der Waals surface area contributed by atoms with Gasteiger partial charge in [0.05, 0.1) is 0 Å². The third-order valence-corrected chi connectivity index (χ3v) is 2.74. The first-order valence-corrected chi connectivity index (χ1v) is 3.96. The summed E-state index contributed by atoms with van der Waals surface area (Å²) in [5.74, 6) is 0.732. The Labute approximate surface area is 62.8 Å². The van der Waals surface area contributed by atoms with E-state index < -0.39 is 0 Å². The fraction of sp³-hybridized carbons (Fsp3) is 1.00. The molecule has 0 aliphatic carbocycles. The lowest BCUT2D eigenvalue weighted by Gasteiger charge is -2.39. The zero-order chi connectivity index (χ0) is 7.78. The average Bonchev–Trinajstić information content (AvgIpc) is 1.78. The topological polar surface area (TPSA) is 23.5 Å². The fourth-order valence-electron chi connectivity index (χ4n) is 1.44. The summed E-state index contributed by atoms with van der Waals surface area (Å²) >= 11 is 0. The molecule has 1 unspecified atom stereocenters. The highest BCUT2D eigenvalue weighted by atomic mass is 16.5. The minimum Gasteiger partial charge on any atom is -0.314 e. The molecule has 1 heterocycles. The van der Waals surface area contributed by atoms with Gasteiger partial charge in [0.2, 0.25) is 0 Å². The standard InChI is InChI=1S/C8H17NO/c1-7-4-5-9(10)6-8(7,2)3/h7,10H,4-6H2,1-3H3. The van der Waals surface area contributed by atoms with Gasteiger partial charge in [0.15, 0.2) is 0 Å². The highest BCUT2D eigenvalue weighted by Crippen LogP contribution is 2.33. The van der Waals surface area contributed by atoms with E-state index in [0.717, 1.165) is 25.4 Å². The fourth-order valence-corrected chi connectivity index (χ4v) is 1.44. The summed E-state index contributed by atoms with van der Waals surface area (Å²) < 4.78 is 0. The molecule has 0 aromatic carbocycles. The summed E-state index contributed by atoms with van der Waals surface area (Å²) in [6, 6.07) is 0. The van der Waals surface area contributed by atoms with E-state index in [1.54, 1.807) is 0 Å². The zero-order valence-electron chi connectivity index (χ0n) is 7.09. The summed E-state index contributed by atoms with van der Waals surface area (Å²) in [7, 11) is 0. The summed E-state index contributed by atoms with van der Waals surface area (Å²) in [4.78, 5) is 0. The molecule has 2 nitrogen and oxygen atoms in total. The van der Waals surface area contributed by atoms with Crippen molar-refractivity contribution in [3.8, 4) is 0 Å². The van der Waals surface area contributed by atoms with E-state index in [2.05, 4.69) is 20.8 Å². The van der Waals surface area contributed by atoms with Crippen molar-refractivity contribution in [1.29, 1.82) is 0 Å². The van der Waals surface area contributed by atoms with Crippen LogP contribution in [0.4, 0.5) is 0 Å². The summed E-state index contributed by atoms with van der Waals surface area (Å²) in [6.45, 7) is 8.33. The second-order valence-corrected chi connectivity index (χ2v) is 4.07. The molecule has 0 bridgehead atoms. The van der Waals surface area contributed by atoms with E-state index in [1.165, 1.54) is 5.06 Å². The molecular weight excluding hydrogens is 126 g/mol. The summed E-state index contributed by atoms with van der Waals surface area (Å²) in [5, 5.41) is 10.6. The maximum atomic E-state index is 9.20. The SMILES string of the molecule is CC1CCN(O)CC1(C)C.